The number of nitrogens with zero attached hydrogens (tertiary/aromatic N) is 1. The quantitative estimate of drug-likeness (QED) is 0.649. The molecule has 3 nitrogen and oxygen atoms in total. The molecule has 0 saturated carbocycles. The van der Waals surface area contributed by atoms with Crippen LogP contribution in [0.2, 0.25) is 0 Å². The maximum Gasteiger partial charge on any atom is 0.0988 e. The van der Waals surface area contributed by atoms with E-state index in [0.29, 0.717) is 0 Å². The number of β-amino-alcohol motifs (C(OH)–C–C–N with tert-alkyl or cyclic N) is 1. The van der Waals surface area contributed by atoms with Crippen LogP contribution in [0.15, 0.2) is 23.9 Å². The van der Waals surface area contributed by atoms with Gasteiger partial charge >= 0.3 is 0 Å². The molecule has 0 radical (unpaired) electrons. The minimum Gasteiger partial charge on any atom is -0.392 e. The fraction of sp³-hybridized carbons (Fsp3) is 0.636. The zero-order valence-electron chi connectivity index (χ0n) is 8.61. The number of allylic oxidation sites excluding steroid dienone is 2. The SMILES string of the molecule is CC1=CC(N2CCC[C@H](O)C2)NC=C1. The van der Waals surface area contributed by atoms with E-state index < -0.39 is 0 Å². The summed E-state index contributed by atoms with van der Waals surface area (Å²) < 4.78 is 0. The first-order chi connectivity index (χ1) is 6.75. The van der Waals surface area contributed by atoms with E-state index in [4.69, 9.17) is 0 Å². The number of dihydropyridines is 1. The number of hydrogen-bond acceptors (Lipinski definition) is 3. The Kier molecular flexibility index (Phi) is 2.89. The second-order valence-corrected chi connectivity index (χ2v) is 4.15. The van der Waals surface area contributed by atoms with E-state index in [0.717, 1.165) is 25.9 Å². The average molecular weight is 194 g/mol. The van der Waals surface area contributed by atoms with Crippen molar-refractivity contribution in [3.8, 4) is 0 Å². The largest absolute Gasteiger partial charge is 0.392 e. The zero-order chi connectivity index (χ0) is 9.97. The van der Waals surface area contributed by atoms with Crippen molar-refractivity contribution in [2.24, 2.45) is 0 Å². The van der Waals surface area contributed by atoms with Gasteiger partial charge in [-0.3, -0.25) is 4.90 Å². The first-order valence-electron chi connectivity index (χ1n) is 5.29. The first kappa shape index (κ1) is 9.74. The molecule has 2 N–H and O–H groups in total. The molecule has 1 fully saturated rings. The lowest BCUT2D eigenvalue weighted by atomic mass is 10.1. The fourth-order valence-electron chi connectivity index (χ4n) is 2.08. The molecule has 2 rings (SSSR count). The van der Waals surface area contributed by atoms with Gasteiger partial charge in [-0.05, 0) is 38.1 Å². The van der Waals surface area contributed by atoms with Gasteiger partial charge in [0.15, 0.2) is 0 Å². The monoisotopic (exact) mass is 194 g/mol. The summed E-state index contributed by atoms with van der Waals surface area (Å²) in [6.07, 6.45) is 8.42. The molecule has 0 aliphatic carbocycles. The highest BCUT2D eigenvalue weighted by Crippen LogP contribution is 2.15. The van der Waals surface area contributed by atoms with Crippen molar-refractivity contribution >= 4 is 0 Å². The van der Waals surface area contributed by atoms with Crippen LogP contribution in [-0.4, -0.2) is 35.4 Å². The third kappa shape index (κ3) is 2.16. The van der Waals surface area contributed by atoms with Gasteiger partial charge in [-0.1, -0.05) is 5.57 Å². The van der Waals surface area contributed by atoms with E-state index in [9.17, 15) is 5.11 Å². The van der Waals surface area contributed by atoms with Crippen LogP contribution in [-0.2, 0) is 0 Å². The molecule has 0 aromatic carbocycles. The van der Waals surface area contributed by atoms with Crippen LogP contribution in [0.1, 0.15) is 19.8 Å². The summed E-state index contributed by atoms with van der Waals surface area (Å²) in [5.41, 5.74) is 1.29. The van der Waals surface area contributed by atoms with Crippen molar-refractivity contribution in [1.29, 1.82) is 0 Å². The molecular formula is C11H18N2O. The van der Waals surface area contributed by atoms with Gasteiger partial charge < -0.3 is 10.4 Å². The Morgan fingerprint density at radius 2 is 2.43 bits per heavy atom. The second-order valence-electron chi connectivity index (χ2n) is 4.15. The normalized spacial score (nSPS) is 33.7. The lowest BCUT2D eigenvalue weighted by Gasteiger charge is -2.36. The van der Waals surface area contributed by atoms with Crippen molar-refractivity contribution in [2.75, 3.05) is 13.1 Å². The molecule has 1 saturated heterocycles. The Morgan fingerprint density at radius 3 is 3.14 bits per heavy atom. The summed E-state index contributed by atoms with van der Waals surface area (Å²) in [5, 5.41) is 12.9. The molecule has 3 heteroatoms. The molecular weight excluding hydrogens is 176 g/mol. The van der Waals surface area contributed by atoms with Crippen molar-refractivity contribution in [3.63, 3.8) is 0 Å². The number of aliphatic hydroxyl groups excluding tert-OH is 1. The van der Waals surface area contributed by atoms with Gasteiger partial charge in [0.1, 0.15) is 0 Å². The van der Waals surface area contributed by atoms with Gasteiger partial charge in [0.25, 0.3) is 0 Å². The molecule has 0 aromatic heterocycles. The third-order valence-electron chi connectivity index (χ3n) is 2.86. The third-order valence-corrected chi connectivity index (χ3v) is 2.86. The fourth-order valence-corrected chi connectivity index (χ4v) is 2.08. The van der Waals surface area contributed by atoms with Crippen LogP contribution in [0.25, 0.3) is 0 Å². The number of hydrogen-bond donors (Lipinski definition) is 2. The molecule has 78 valence electrons. The van der Waals surface area contributed by atoms with Crippen LogP contribution in [0, 0.1) is 0 Å². The molecule has 0 amide bonds. The van der Waals surface area contributed by atoms with Crippen LogP contribution >= 0.6 is 0 Å². The Balaban J connectivity index is 1.97. The Labute approximate surface area is 85.1 Å². The Morgan fingerprint density at radius 1 is 1.57 bits per heavy atom. The summed E-state index contributed by atoms with van der Waals surface area (Å²) in [6, 6.07) is 0. The Bertz CT molecular complexity index is 260. The summed E-state index contributed by atoms with van der Waals surface area (Å²) >= 11 is 0. The first-order valence-corrected chi connectivity index (χ1v) is 5.29. The van der Waals surface area contributed by atoms with Gasteiger partial charge in [0.2, 0.25) is 0 Å². The van der Waals surface area contributed by atoms with Gasteiger partial charge in [0.05, 0.1) is 12.3 Å². The number of nitrogens with one attached hydrogen (secondary N) is 1. The summed E-state index contributed by atoms with van der Waals surface area (Å²) in [6.45, 7) is 3.96. The van der Waals surface area contributed by atoms with Crippen LogP contribution < -0.4 is 5.32 Å². The number of likely N-dealkylation sites (tertiary alicyclic amines) is 1. The lowest BCUT2D eigenvalue weighted by Crippen LogP contribution is -2.49. The molecule has 2 atom stereocenters. The maximum absolute atomic E-state index is 9.57. The lowest BCUT2D eigenvalue weighted by molar-refractivity contribution is 0.0521. The molecule has 0 spiro atoms. The predicted octanol–water partition coefficient (Wildman–Crippen LogP) is 0.832. The van der Waals surface area contributed by atoms with Crippen LogP contribution in [0.3, 0.4) is 0 Å². The smallest absolute Gasteiger partial charge is 0.0988 e. The van der Waals surface area contributed by atoms with E-state index in [1.165, 1.54) is 5.57 Å². The summed E-state index contributed by atoms with van der Waals surface area (Å²) in [5.74, 6) is 0. The molecule has 0 aromatic rings. The van der Waals surface area contributed by atoms with E-state index in [-0.39, 0.29) is 12.3 Å². The van der Waals surface area contributed by atoms with Gasteiger partial charge in [0, 0.05) is 13.1 Å². The molecule has 0 bridgehead atoms. The summed E-state index contributed by atoms with van der Waals surface area (Å²) in [4.78, 5) is 2.29. The van der Waals surface area contributed by atoms with Gasteiger partial charge in [-0.2, -0.15) is 0 Å². The molecule has 2 heterocycles. The van der Waals surface area contributed by atoms with E-state index in [1.54, 1.807) is 0 Å². The molecule has 2 aliphatic heterocycles. The van der Waals surface area contributed by atoms with Crippen molar-refractivity contribution < 1.29 is 5.11 Å². The zero-order valence-corrected chi connectivity index (χ0v) is 8.61. The number of rotatable bonds is 1. The predicted molar refractivity (Wildman–Crippen MR) is 56.6 cm³/mol. The van der Waals surface area contributed by atoms with Crippen LogP contribution in [0.4, 0.5) is 0 Å². The van der Waals surface area contributed by atoms with Crippen LogP contribution in [0.5, 0.6) is 0 Å². The van der Waals surface area contributed by atoms with Crippen molar-refractivity contribution in [1.82, 2.24) is 10.2 Å². The van der Waals surface area contributed by atoms with E-state index in [2.05, 4.69) is 29.3 Å². The number of aliphatic hydroxyl groups is 1. The Hall–Kier alpha value is -0.800. The van der Waals surface area contributed by atoms with E-state index >= 15 is 0 Å². The topological polar surface area (TPSA) is 35.5 Å². The standard InChI is InChI=1S/C11H18N2O/c1-9-4-5-12-11(7-9)13-6-2-3-10(14)8-13/h4-5,7,10-12,14H,2-3,6,8H2,1H3/t10-,11?/m0/s1. The highest BCUT2D eigenvalue weighted by atomic mass is 16.3. The highest BCUT2D eigenvalue weighted by Gasteiger charge is 2.23. The minimum absolute atomic E-state index is 0.148. The minimum atomic E-state index is -0.148. The number of piperidine rings is 1. The molecule has 2 aliphatic rings. The average Bonchev–Trinajstić information content (AvgIpc) is 2.18. The molecule has 1 unspecified atom stereocenters. The highest BCUT2D eigenvalue weighted by molar-refractivity contribution is 5.22. The second kappa shape index (κ2) is 4.15. The van der Waals surface area contributed by atoms with Crippen molar-refractivity contribution in [3.05, 3.63) is 23.9 Å². The van der Waals surface area contributed by atoms with Gasteiger partial charge in [-0.25, -0.2) is 0 Å². The van der Waals surface area contributed by atoms with E-state index in [1.807, 2.05) is 6.20 Å². The summed E-state index contributed by atoms with van der Waals surface area (Å²) in [7, 11) is 0. The van der Waals surface area contributed by atoms with Crippen molar-refractivity contribution in [2.45, 2.75) is 32.0 Å². The van der Waals surface area contributed by atoms with Gasteiger partial charge in [-0.15, -0.1) is 0 Å². The molecule has 14 heavy (non-hydrogen) atoms. The maximum atomic E-state index is 9.57.